The van der Waals surface area contributed by atoms with Gasteiger partial charge in [0.25, 0.3) is 0 Å². The van der Waals surface area contributed by atoms with E-state index in [-0.39, 0.29) is 17.1 Å². The first kappa shape index (κ1) is 15.7. The molecule has 0 aromatic rings. The van der Waals surface area contributed by atoms with Gasteiger partial charge in [0.15, 0.2) is 0 Å². The monoisotopic (exact) mass is 158 g/mol. The Bertz CT molecular complexity index is 24.1. The van der Waals surface area contributed by atoms with E-state index in [0.29, 0.717) is 0 Å². The maximum absolute atomic E-state index is 9.67. The molecule has 5 heteroatoms. The minimum Gasteiger partial charge on any atom is -0.521 e. The molecule has 0 aliphatic heterocycles. The molecule has 0 aromatic carbocycles. The molecule has 0 aliphatic rings. The van der Waals surface area contributed by atoms with Crippen LogP contribution in [0, 0.1) is 6.58 Å². The third kappa shape index (κ3) is 7910. The van der Waals surface area contributed by atoms with Gasteiger partial charge in [-0.15, -0.1) is 0 Å². The SMILES string of the molecule is FB(F)F.[CH-]=C.[Cu+]. The van der Waals surface area contributed by atoms with Crippen LogP contribution >= 0.6 is 0 Å². The number of hydrogen-bond acceptors (Lipinski definition) is 0. The van der Waals surface area contributed by atoms with Crippen LogP contribution in [0.1, 0.15) is 0 Å². The van der Waals surface area contributed by atoms with Crippen LogP contribution in [0.4, 0.5) is 12.9 Å². The van der Waals surface area contributed by atoms with Gasteiger partial charge < -0.3 is 6.58 Å². The summed E-state index contributed by atoms with van der Waals surface area (Å²) in [5.41, 5.74) is 0. The first-order chi connectivity index (χ1) is 2.73. The molecule has 0 atom stereocenters. The molecule has 0 aliphatic carbocycles. The molecule has 0 heterocycles. The molecule has 0 N–H and O–H groups in total. The van der Waals surface area contributed by atoms with E-state index in [1.165, 1.54) is 0 Å². The molecule has 0 radical (unpaired) electrons. The van der Waals surface area contributed by atoms with Crippen molar-refractivity contribution in [1.82, 2.24) is 0 Å². The molecular formula is C2H3BCuF3. The fourth-order valence-electron chi connectivity index (χ4n) is 0. The normalized spacial score (nSPS) is 4.43. The van der Waals surface area contributed by atoms with Crippen LogP contribution in [0.15, 0.2) is 6.58 Å². The van der Waals surface area contributed by atoms with Crippen molar-refractivity contribution >= 4 is 7.54 Å². The van der Waals surface area contributed by atoms with Crippen LogP contribution in [-0.4, -0.2) is 7.54 Å². The summed E-state index contributed by atoms with van der Waals surface area (Å²) in [5.74, 6) is 0. The summed E-state index contributed by atoms with van der Waals surface area (Å²) in [6, 6.07) is 0. The van der Waals surface area contributed by atoms with Gasteiger partial charge in [-0.3, -0.25) is 19.5 Å². The van der Waals surface area contributed by atoms with Gasteiger partial charge in [0.1, 0.15) is 0 Å². The Morgan fingerprint density at radius 3 is 1.14 bits per heavy atom. The van der Waals surface area contributed by atoms with Gasteiger partial charge in [0.2, 0.25) is 0 Å². The molecular weight excluding hydrogens is 155 g/mol. The maximum Gasteiger partial charge on any atom is 1.00 e. The molecule has 0 spiro atoms. The van der Waals surface area contributed by atoms with Gasteiger partial charge in [0.05, 0.1) is 0 Å². The minimum absolute atomic E-state index is 0. The first-order valence-electron chi connectivity index (χ1n) is 1.06. The van der Waals surface area contributed by atoms with Crippen LogP contribution in [-0.2, 0) is 17.1 Å². The van der Waals surface area contributed by atoms with Crippen molar-refractivity contribution < 1.29 is 30.0 Å². The molecule has 7 heavy (non-hydrogen) atoms. The van der Waals surface area contributed by atoms with Gasteiger partial charge in [0, 0.05) is 0 Å². The third-order valence-electron chi connectivity index (χ3n) is 0. The van der Waals surface area contributed by atoms with E-state index in [9.17, 15) is 12.9 Å². The van der Waals surface area contributed by atoms with Gasteiger partial charge >= 0.3 is 24.6 Å². The molecule has 0 nitrogen and oxygen atoms in total. The van der Waals surface area contributed by atoms with E-state index in [0.717, 1.165) is 0 Å². The van der Waals surface area contributed by atoms with Gasteiger partial charge in [-0.25, -0.2) is 0 Å². The Balaban J connectivity index is -0.0000000480. The standard InChI is InChI=1S/C2H3.BF3.Cu/c1-2;2-1(3)4;/h1H,2H2;;/q-1;;+1. The zero-order valence-electron chi connectivity index (χ0n) is 3.30. The van der Waals surface area contributed by atoms with Crippen molar-refractivity contribution in [2.75, 3.05) is 0 Å². The molecule has 0 rings (SSSR count). The first-order valence-corrected chi connectivity index (χ1v) is 1.06. The summed E-state index contributed by atoms with van der Waals surface area (Å²) in [5, 5.41) is 0. The average molecular weight is 158 g/mol. The van der Waals surface area contributed by atoms with Crippen molar-refractivity contribution in [3.63, 3.8) is 0 Å². The van der Waals surface area contributed by atoms with Gasteiger partial charge in [-0.05, 0) is 0 Å². The molecule has 0 amide bonds. The molecule has 0 unspecified atom stereocenters. The fourth-order valence-corrected chi connectivity index (χ4v) is 0. The van der Waals surface area contributed by atoms with Crippen molar-refractivity contribution in [2.45, 2.75) is 0 Å². The summed E-state index contributed by atoms with van der Waals surface area (Å²) in [4.78, 5) is 0. The zero-order chi connectivity index (χ0) is 5.58. The molecule has 0 saturated heterocycles. The Labute approximate surface area is 51.5 Å². The molecule has 0 bridgehead atoms. The average Bonchev–Trinajstić information content (AvgIpc) is 1.41. The topological polar surface area (TPSA) is 0 Å². The predicted octanol–water partition coefficient (Wildman–Crippen LogP) is 1.48. The van der Waals surface area contributed by atoms with Crippen LogP contribution in [0.2, 0.25) is 0 Å². The van der Waals surface area contributed by atoms with E-state index in [4.69, 9.17) is 0 Å². The van der Waals surface area contributed by atoms with Crippen molar-refractivity contribution in [2.24, 2.45) is 0 Å². The third-order valence-corrected chi connectivity index (χ3v) is 0. The summed E-state index contributed by atoms with van der Waals surface area (Å²) in [7, 11) is -3.67. The predicted molar refractivity (Wildman–Crippen MR) is 19.0 cm³/mol. The minimum atomic E-state index is -3.67. The van der Waals surface area contributed by atoms with E-state index < -0.39 is 7.54 Å². The van der Waals surface area contributed by atoms with Crippen LogP contribution in [0.5, 0.6) is 0 Å². The number of halogens is 3. The summed E-state index contributed by atoms with van der Waals surface area (Å²) >= 11 is 0. The second-order valence-corrected chi connectivity index (χ2v) is 0.247. The van der Waals surface area contributed by atoms with E-state index in [1.54, 1.807) is 0 Å². The van der Waals surface area contributed by atoms with Gasteiger partial charge in [-0.1, -0.05) is 0 Å². The van der Waals surface area contributed by atoms with Gasteiger partial charge in [-0.2, -0.15) is 0 Å². The molecule has 0 fully saturated rings. The van der Waals surface area contributed by atoms with Crippen LogP contribution in [0.3, 0.4) is 0 Å². The van der Waals surface area contributed by atoms with E-state index in [1.807, 2.05) is 0 Å². The summed E-state index contributed by atoms with van der Waals surface area (Å²) < 4.78 is 29.0. The summed E-state index contributed by atoms with van der Waals surface area (Å²) in [6.45, 7) is 7.00. The maximum atomic E-state index is 9.67. The quantitative estimate of drug-likeness (QED) is 0.370. The number of hydrogen-bond donors (Lipinski definition) is 0. The molecule has 0 saturated carbocycles. The molecule has 0 aromatic heterocycles. The van der Waals surface area contributed by atoms with Crippen molar-refractivity contribution in [1.29, 1.82) is 0 Å². The van der Waals surface area contributed by atoms with Crippen molar-refractivity contribution in [3.8, 4) is 0 Å². The zero-order valence-corrected chi connectivity index (χ0v) is 4.24. The van der Waals surface area contributed by atoms with Crippen LogP contribution in [0.25, 0.3) is 0 Å². The van der Waals surface area contributed by atoms with E-state index in [2.05, 4.69) is 13.2 Å². The Morgan fingerprint density at radius 1 is 1.14 bits per heavy atom. The molecule has 46 valence electrons. The second-order valence-electron chi connectivity index (χ2n) is 0.247. The largest absolute Gasteiger partial charge is 1.00 e. The second kappa shape index (κ2) is 16.5. The smallest absolute Gasteiger partial charge is 0.521 e. The van der Waals surface area contributed by atoms with Crippen LogP contribution < -0.4 is 0 Å². The number of rotatable bonds is 0. The Hall–Kier alpha value is 0.114. The Morgan fingerprint density at radius 2 is 1.14 bits per heavy atom. The Kier molecular flexibility index (Phi) is 37.0. The summed E-state index contributed by atoms with van der Waals surface area (Å²) in [6.07, 6.45) is 0. The fraction of sp³-hybridized carbons (Fsp3) is 0. The van der Waals surface area contributed by atoms with Crippen molar-refractivity contribution in [3.05, 3.63) is 13.2 Å². The van der Waals surface area contributed by atoms with E-state index >= 15 is 0 Å².